The van der Waals surface area contributed by atoms with Crippen LogP contribution in [-0.4, -0.2) is 22.8 Å². The van der Waals surface area contributed by atoms with E-state index in [1.165, 1.54) is 16.5 Å². The Kier molecular flexibility index (Phi) is 3.80. The summed E-state index contributed by atoms with van der Waals surface area (Å²) < 4.78 is 7.13. The first-order chi connectivity index (χ1) is 11.1. The molecule has 3 atom stereocenters. The molecule has 0 amide bonds. The van der Waals surface area contributed by atoms with Crippen LogP contribution >= 0.6 is 22.9 Å². The molecule has 0 saturated carbocycles. The average Bonchev–Trinajstić information content (AvgIpc) is 2.90. The maximum atomic E-state index is 11.3. The van der Waals surface area contributed by atoms with E-state index in [-0.39, 0.29) is 23.2 Å². The van der Waals surface area contributed by atoms with Crippen molar-refractivity contribution in [1.82, 2.24) is 15.5 Å². The van der Waals surface area contributed by atoms with Crippen molar-refractivity contribution in [3.63, 3.8) is 0 Å². The van der Waals surface area contributed by atoms with Gasteiger partial charge in [0.05, 0.1) is 22.7 Å². The van der Waals surface area contributed by atoms with Gasteiger partial charge in [-0.1, -0.05) is 11.6 Å². The Bertz CT molecular complexity index is 769. The number of piperidine rings is 1. The van der Waals surface area contributed by atoms with Crippen LogP contribution in [0.1, 0.15) is 41.9 Å². The normalized spacial score (nSPS) is 30.3. The van der Waals surface area contributed by atoms with E-state index in [0.29, 0.717) is 0 Å². The van der Waals surface area contributed by atoms with Crippen LogP contribution in [0.5, 0.6) is 0 Å². The van der Waals surface area contributed by atoms with Crippen molar-refractivity contribution >= 4 is 22.9 Å². The fraction of sp³-hybridized carbons (Fsp3) is 0.500. The highest BCUT2D eigenvalue weighted by molar-refractivity contribution is 7.16. The highest BCUT2D eigenvalue weighted by Crippen LogP contribution is 2.49. The number of ether oxygens (including phenoxy) is 1. The number of nitrogens with one attached hydrogen (secondary N) is 2. The summed E-state index contributed by atoms with van der Waals surface area (Å²) in [4.78, 5) is 12.5. The zero-order valence-corrected chi connectivity index (χ0v) is 14.3. The number of aromatic amines is 1. The minimum absolute atomic E-state index is 0.0439. The van der Waals surface area contributed by atoms with Crippen LogP contribution in [0, 0.1) is 0 Å². The summed E-state index contributed by atoms with van der Waals surface area (Å²) in [5.74, 6) is 0. The molecule has 0 aliphatic carbocycles. The van der Waals surface area contributed by atoms with Gasteiger partial charge in [-0.3, -0.25) is 4.79 Å². The van der Waals surface area contributed by atoms with Crippen LogP contribution < -0.4 is 10.9 Å². The number of H-pyrrole nitrogens is 1. The highest BCUT2D eigenvalue weighted by atomic mass is 35.5. The number of rotatable bonds is 1. The summed E-state index contributed by atoms with van der Waals surface area (Å²) >= 11 is 7.89. The van der Waals surface area contributed by atoms with E-state index in [9.17, 15) is 4.79 Å². The molecule has 1 spiro atoms. The van der Waals surface area contributed by atoms with E-state index in [1.54, 1.807) is 17.4 Å². The number of thiophene rings is 1. The smallest absolute Gasteiger partial charge is 0.264 e. The zero-order chi connectivity index (χ0) is 16.0. The van der Waals surface area contributed by atoms with Gasteiger partial charge in [-0.25, -0.2) is 5.10 Å². The van der Waals surface area contributed by atoms with Crippen LogP contribution in [0.25, 0.3) is 0 Å². The Morgan fingerprint density at radius 1 is 1.43 bits per heavy atom. The van der Waals surface area contributed by atoms with E-state index in [2.05, 4.69) is 28.5 Å². The second-order valence-corrected chi connectivity index (χ2v) is 8.06. The van der Waals surface area contributed by atoms with Gasteiger partial charge in [0.1, 0.15) is 5.60 Å². The van der Waals surface area contributed by atoms with Crippen molar-refractivity contribution in [2.75, 3.05) is 6.61 Å². The fourth-order valence-corrected chi connectivity index (χ4v) is 5.26. The van der Waals surface area contributed by atoms with E-state index in [1.807, 2.05) is 0 Å². The van der Waals surface area contributed by atoms with Crippen molar-refractivity contribution in [2.24, 2.45) is 0 Å². The van der Waals surface area contributed by atoms with E-state index in [4.69, 9.17) is 16.3 Å². The first-order valence-corrected chi connectivity index (χ1v) is 8.99. The van der Waals surface area contributed by atoms with Gasteiger partial charge in [0.25, 0.3) is 5.56 Å². The van der Waals surface area contributed by atoms with Crippen molar-refractivity contribution in [3.05, 3.63) is 49.0 Å². The number of nitrogens with zero attached hydrogens (tertiary/aromatic N) is 1. The molecule has 1 fully saturated rings. The number of aromatic nitrogens is 2. The Labute approximate surface area is 143 Å². The molecule has 1 saturated heterocycles. The number of fused-ring (bicyclic) bond motifs is 2. The van der Waals surface area contributed by atoms with E-state index in [0.717, 1.165) is 35.9 Å². The average molecular weight is 352 g/mol. The monoisotopic (exact) mass is 351 g/mol. The second-order valence-electron chi connectivity index (χ2n) is 6.37. The molecular weight excluding hydrogens is 334 g/mol. The molecule has 4 rings (SSSR count). The van der Waals surface area contributed by atoms with Gasteiger partial charge >= 0.3 is 0 Å². The van der Waals surface area contributed by atoms with Gasteiger partial charge < -0.3 is 10.1 Å². The minimum Gasteiger partial charge on any atom is -0.369 e. The lowest BCUT2D eigenvalue weighted by Gasteiger charge is -2.45. The fourth-order valence-electron chi connectivity index (χ4n) is 3.80. The van der Waals surface area contributed by atoms with E-state index >= 15 is 0 Å². The first-order valence-electron chi connectivity index (χ1n) is 7.80. The summed E-state index contributed by atoms with van der Waals surface area (Å²) in [5.41, 5.74) is 1.66. The molecule has 4 heterocycles. The molecule has 0 aromatic carbocycles. The predicted octanol–water partition coefficient (Wildman–Crippen LogP) is 2.77. The van der Waals surface area contributed by atoms with Crippen molar-refractivity contribution in [3.8, 4) is 0 Å². The molecule has 2 aromatic rings. The van der Waals surface area contributed by atoms with Crippen LogP contribution in [0.2, 0.25) is 4.34 Å². The summed E-state index contributed by atoms with van der Waals surface area (Å²) in [7, 11) is 0. The van der Waals surface area contributed by atoms with Crippen LogP contribution in [0.3, 0.4) is 0 Å². The van der Waals surface area contributed by atoms with Gasteiger partial charge in [-0.15, -0.1) is 11.3 Å². The summed E-state index contributed by atoms with van der Waals surface area (Å²) in [6.07, 6.45) is 2.63. The Hall–Kier alpha value is -1.21. The summed E-state index contributed by atoms with van der Waals surface area (Å²) in [6.45, 7) is 2.88. The largest absolute Gasteiger partial charge is 0.369 e. The summed E-state index contributed by atoms with van der Waals surface area (Å²) in [6, 6.07) is 5.71. The molecule has 2 aliphatic heterocycles. The van der Waals surface area contributed by atoms with Gasteiger partial charge in [-0.2, -0.15) is 5.10 Å². The molecule has 7 heteroatoms. The van der Waals surface area contributed by atoms with Crippen molar-refractivity contribution in [1.29, 1.82) is 0 Å². The quantitative estimate of drug-likeness (QED) is 0.829. The van der Waals surface area contributed by atoms with Crippen molar-refractivity contribution < 1.29 is 4.74 Å². The third-order valence-corrected chi connectivity index (χ3v) is 6.15. The molecule has 2 aliphatic rings. The maximum Gasteiger partial charge on any atom is 0.264 e. The number of halogens is 1. The Morgan fingerprint density at radius 2 is 2.30 bits per heavy atom. The van der Waals surface area contributed by atoms with Crippen LogP contribution in [0.15, 0.2) is 23.0 Å². The third kappa shape index (κ3) is 2.74. The minimum atomic E-state index is -0.307. The molecule has 3 unspecified atom stereocenters. The lowest BCUT2D eigenvalue weighted by atomic mass is 9.79. The molecule has 2 N–H and O–H groups in total. The molecule has 0 bridgehead atoms. The third-order valence-electron chi connectivity index (χ3n) is 4.66. The van der Waals surface area contributed by atoms with Crippen LogP contribution in [-0.2, 0) is 16.8 Å². The molecular formula is C16H18ClN3O2S. The first kappa shape index (κ1) is 15.3. The molecule has 5 nitrogen and oxygen atoms in total. The van der Waals surface area contributed by atoms with E-state index < -0.39 is 0 Å². The van der Waals surface area contributed by atoms with Gasteiger partial charge in [0.15, 0.2) is 0 Å². The molecule has 23 heavy (non-hydrogen) atoms. The lowest BCUT2D eigenvalue weighted by Crippen LogP contribution is -2.49. The second kappa shape index (κ2) is 5.70. The number of hydrogen-bond donors (Lipinski definition) is 2. The number of hydrogen-bond acceptors (Lipinski definition) is 5. The molecule has 2 aromatic heterocycles. The highest BCUT2D eigenvalue weighted by Gasteiger charge is 2.46. The standard InChI is InChI=1S/C16H18ClN3O2S/c1-9-7-16(15-10(4-5-22-16)6-13(17)23-15)8-12(18-9)11-2-3-14(21)20-19-11/h2-3,6,9,12,18H,4-5,7-8H2,1H3,(H,20,21). The maximum absolute atomic E-state index is 11.3. The SMILES string of the molecule is CC1CC2(CC(c3ccc(=O)[nH]n3)N1)OCCc1cc(Cl)sc12. The van der Waals surface area contributed by atoms with Gasteiger partial charge in [-0.05, 0) is 37.5 Å². The van der Waals surface area contributed by atoms with Gasteiger partial charge in [0, 0.05) is 23.4 Å². The zero-order valence-electron chi connectivity index (χ0n) is 12.8. The summed E-state index contributed by atoms with van der Waals surface area (Å²) in [5, 5.41) is 10.3. The Morgan fingerprint density at radius 3 is 3.09 bits per heavy atom. The molecule has 122 valence electrons. The van der Waals surface area contributed by atoms with Gasteiger partial charge in [0.2, 0.25) is 0 Å². The van der Waals surface area contributed by atoms with Crippen LogP contribution in [0.4, 0.5) is 0 Å². The topological polar surface area (TPSA) is 67.0 Å². The molecule has 0 radical (unpaired) electrons. The lowest BCUT2D eigenvalue weighted by molar-refractivity contribution is -0.0958. The predicted molar refractivity (Wildman–Crippen MR) is 90.1 cm³/mol. The Balaban J connectivity index is 1.72. The van der Waals surface area contributed by atoms with Crippen molar-refractivity contribution in [2.45, 2.75) is 43.9 Å².